The summed E-state index contributed by atoms with van der Waals surface area (Å²) in [4.78, 5) is 0. The highest BCUT2D eigenvalue weighted by atomic mass is 79.9. The highest BCUT2D eigenvalue weighted by Crippen LogP contribution is 2.36. The fourth-order valence-electron chi connectivity index (χ4n) is 3.34. The van der Waals surface area contributed by atoms with E-state index in [1.54, 1.807) is 7.11 Å². The van der Waals surface area contributed by atoms with Gasteiger partial charge in [0.25, 0.3) is 0 Å². The van der Waals surface area contributed by atoms with E-state index in [0.717, 1.165) is 35.0 Å². The van der Waals surface area contributed by atoms with Crippen LogP contribution in [0, 0.1) is 11.8 Å². The van der Waals surface area contributed by atoms with Crippen LogP contribution in [0.3, 0.4) is 0 Å². The van der Waals surface area contributed by atoms with Crippen molar-refractivity contribution in [2.45, 2.75) is 45.6 Å². The SMILES string of the molecule is CCCNC1CCC(Cc2cc(Br)ccc2OC)C1C. The molecule has 0 bridgehead atoms. The molecule has 112 valence electrons. The Morgan fingerprint density at radius 2 is 2.15 bits per heavy atom. The second kappa shape index (κ2) is 7.46. The highest BCUT2D eigenvalue weighted by Gasteiger charge is 2.32. The van der Waals surface area contributed by atoms with Crippen molar-refractivity contribution in [1.82, 2.24) is 5.32 Å². The minimum atomic E-state index is 0.693. The third-order valence-electron chi connectivity index (χ3n) is 4.61. The summed E-state index contributed by atoms with van der Waals surface area (Å²) in [7, 11) is 1.76. The molecule has 0 aliphatic heterocycles. The zero-order chi connectivity index (χ0) is 14.5. The number of methoxy groups -OCH3 is 1. The van der Waals surface area contributed by atoms with Crippen molar-refractivity contribution in [3.63, 3.8) is 0 Å². The molecule has 1 N–H and O–H groups in total. The first-order valence-electron chi connectivity index (χ1n) is 7.71. The molecule has 20 heavy (non-hydrogen) atoms. The van der Waals surface area contributed by atoms with E-state index in [2.05, 4.69) is 47.2 Å². The minimum Gasteiger partial charge on any atom is -0.496 e. The normalized spacial score (nSPS) is 25.9. The van der Waals surface area contributed by atoms with Crippen molar-refractivity contribution in [1.29, 1.82) is 0 Å². The molecule has 1 aliphatic rings. The van der Waals surface area contributed by atoms with Gasteiger partial charge in [0.1, 0.15) is 5.75 Å². The van der Waals surface area contributed by atoms with Gasteiger partial charge < -0.3 is 10.1 Å². The van der Waals surface area contributed by atoms with E-state index in [0.29, 0.717) is 6.04 Å². The van der Waals surface area contributed by atoms with Gasteiger partial charge in [0.15, 0.2) is 0 Å². The lowest BCUT2D eigenvalue weighted by atomic mass is 9.89. The predicted octanol–water partition coefficient (Wildman–Crippen LogP) is 4.41. The molecular weight excluding hydrogens is 314 g/mol. The van der Waals surface area contributed by atoms with E-state index in [-0.39, 0.29) is 0 Å². The van der Waals surface area contributed by atoms with Crippen molar-refractivity contribution in [3.05, 3.63) is 28.2 Å². The van der Waals surface area contributed by atoms with Crippen LogP contribution in [0.15, 0.2) is 22.7 Å². The van der Waals surface area contributed by atoms with Gasteiger partial charge in [0, 0.05) is 10.5 Å². The number of nitrogens with one attached hydrogen (secondary N) is 1. The molecular formula is C17H26BrNO. The van der Waals surface area contributed by atoms with Crippen molar-refractivity contribution < 1.29 is 4.74 Å². The smallest absolute Gasteiger partial charge is 0.122 e. The molecule has 2 nitrogen and oxygen atoms in total. The number of hydrogen-bond acceptors (Lipinski definition) is 2. The Bertz CT molecular complexity index is 435. The zero-order valence-corrected chi connectivity index (χ0v) is 14.4. The quantitative estimate of drug-likeness (QED) is 0.828. The van der Waals surface area contributed by atoms with Crippen LogP contribution >= 0.6 is 15.9 Å². The lowest BCUT2D eigenvalue weighted by molar-refractivity contribution is 0.345. The van der Waals surface area contributed by atoms with E-state index in [9.17, 15) is 0 Å². The fourth-order valence-corrected chi connectivity index (χ4v) is 3.75. The fraction of sp³-hybridized carbons (Fsp3) is 0.647. The molecule has 1 aliphatic carbocycles. The number of rotatable bonds is 6. The maximum atomic E-state index is 5.50. The average Bonchev–Trinajstić information content (AvgIpc) is 2.78. The summed E-state index contributed by atoms with van der Waals surface area (Å²) in [5, 5.41) is 3.70. The summed E-state index contributed by atoms with van der Waals surface area (Å²) >= 11 is 3.57. The first-order valence-corrected chi connectivity index (χ1v) is 8.50. The molecule has 0 aromatic heterocycles. The van der Waals surface area contributed by atoms with Gasteiger partial charge in [-0.1, -0.05) is 29.8 Å². The monoisotopic (exact) mass is 339 g/mol. The molecule has 0 spiro atoms. The second-order valence-electron chi connectivity index (χ2n) is 5.92. The molecule has 0 radical (unpaired) electrons. The molecule has 1 fully saturated rings. The molecule has 1 saturated carbocycles. The number of benzene rings is 1. The van der Waals surface area contributed by atoms with Crippen LogP contribution in [0.4, 0.5) is 0 Å². The Kier molecular flexibility index (Phi) is 5.91. The van der Waals surface area contributed by atoms with Crippen LogP contribution in [-0.2, 0) is 6.42 Å². The van der Waals surface area contributed by atoms with Crippen molar-refractivity contribution >= 4 is 15.9 Å². The summed E-state index contributed by atoms with van der Waals surface area (Å²) in [6.45, 7) is 5.77. The summed E-state index contributed by atoms with van der Waals surface area (Å²) in [5.41, 5.74) is 1.33. The van der Waals surface area contributed by atoms with E-state index in [1.807, 2.05) is 6.07 Å². The largest absolute Gasteiger partial charge is 0.496 e. The van der Waals surface area contributed by atoms with Crippen LogP contribution in [0.1, 0.15) is 38.7 Å². The van der Waals surface area contributed by atoms with Gasteiger partial charge in [-0.15, -0.1) is 0 Å². The topological polar surface area (TPSA) is 21.3 Å². The first kappa shape index (κ1) is 15.8. The summed E-state index contributed by atoms with van der Waals surface area (Å²) in [6, 6.07) is 7.01. The highest BCUT2D eigenvalue weighted by molar-refractivity contribution is 9.10. The van der Waals surface area contributed by atoms with Crippen LogP contribution in [0.5, 0.6) is 5.75 Å². The number of hydrogen-bond donors (Lipinski definition) is 1. The Hall–Kier alpha value is -0.540. The van der Waals surface area contributed by atoms with Gasteiger partial charge in [-0.25, -0.2) is 0 Å². The average molecular weight is 340 g/mol. The Morgan fingerprint density at radius 3 is 2.85 bits per heavy atom. The minimum absolute atomic E-state index is 0.693. The Balaban J connectivity index is 2.02. The van der Waals surface area contributed by atoms with Crippen LogP contribution in [0.25, 0.3) is 0 Å². The third kappa shape index (κ3) is 3.76. The van der Waals surface area contributed by atoms with E-state index in [4.69, 9.17) is 4.74 Å². The predicted molar refractivity (Wildman–Crippen MR) is 88.4 cm³/mol. The molecule has 1 aromatic rings. The molecule has 3 heteroatoms. The Morgan fingerprint density at radius 1 is 1.35 bits per heavy atom. The maximum Gasteiger partial charge on any atom is 0.122 e. The molecule has 1 aromatic carbocycles. The molecule has 3 unspecified atom stereocenters. The summed E-state index contributed by atoms with van der Waals surface area (Å²) < 4.78 is 6.64. The van der Waals surface area contributed by atoms with E-state index in [1.165, 1.54) is 24.8 Å². The van der Waals surface area contributed by atoms with Crippen LogP contribution in [0.2, 0.25) is 0 Å². The molecule has 3 atom stereocenters. The van der Waals surface area contributed by atoms with Gasteiger partial charge >= 0.3 is 0 Å². The lowest BCUT2D eigenvalue weighted by Crippen LogP contribution is -2.33. The number of halogens is 1. The van der Waals surface area contributed by atoms with Gasteiger partial charge in [0.2, 0.25) is 0 Å². The molecule has 0 heterocycles. The Labute approximate surface area is 131 Å². The molecule has 2 rings (SSSR count). The van der Waals surface area contributed by atoms with Crippen LogP contribution < -0.4 is 10.1 Å². The van der Waals surface area contributed by atoms with Crippen LogP contribution in [-0.4, -0.2) is 19.7 Å². The molecule has 0 amide bonds. The van der Waals surface area contributed by atoms with Gasteiger partial charge in [-0.2, -0.15) is 0 Å². The third-order valence-corrected chi connectivity index (χ3v) is 5.10. The van der Waals surface area contributed by atoms with Crippen molar-refractivity contribution in [2.75, 3.05) is 13.7 Å². The van der Waals surface area contributed by atoms with E-state index >= 15 is 0 Å². The summed E-state index contributed by atoms with van der Waals surface area (Å²) in [5.74, 6) is 2.52. The van der Waals surface area contributed by atoms with Crippen molar-refractivity contribution in [2.24, 2.45) is 11.8 Å². The van der Waals surface area contributed by atoms with Gasteiger partial charge in [-0.05, 0) is 67.8 Å². The lowest BCUT2D eigenvalue weighted by Gasteiger charge is -2.22. The first-order chi connectivity index (χ1) is 9.65. The standard InChI is InChI=1S/C17H26BrNO/c1-4-9-19-16-7-5-13(12(16)2)10-14-11-15(18)6-8-17(14)20-3/h6,8,11-13,16,19H,4-5,7,9-10H2,1-3H3. The maximum absolute atomic E-state index is 5.50. The molecule has 0 saturated heterocycles. The van der Waals surface area contributed by atoms with Gasteiger partial charge in [-0.3, -0.25) is 0 Å². The zero-order valence-electron chi connectivity index (χ0n) is 12.8. The summed E-state index contributed by atoms with van der Waals surface area (Å²) in [6.07, 6.45) is 4.96. The van der Waals surface area contributed by atoms with Gasteiger partial charge in [0.05, 0.1) is 7.11 Å². The van der Waals surface area contributed by atoms with E-state index < -0.39 is 0 Å². The second-order valence-corrected chi connectivity index (χ2v) is 6.83. The van der Waals surface area contributed by atoms with Crippen molar-refractivity contribution in [3.8, 4) is 5.75 Å². The number of ether oxygens (including phenoxy) is 1.